The van der Waals surface area contributed by atoms with E-state index in [2.05, 4.69) is 10.2 Å². The third kappa shape index (κ3) is 4.05. The van der Waals surface area contributed by atoms with Gasteiger partial charge in [-0.25, -0.2) is 0 Å². The second kappa shape index (κ2) is 7.75. The number of piperazine rings is 1. The third-order valence-electron chi connectivity index (χ3n) is 5.15. The van der Waals surface area contributed by atoms with Crippen molar-refractivity contribution in [1.82, 2.24) is 4.90 Å². The molecule has 0 aromatic heterocycles. The van der Waals surface area contributed by atoms with Crippen LogP contribution in [-0.2, 0) is 20.8 Å². The number of hydrogen-bond donors (Lipinski definition) is 1. The van der Waals surface area contributed by atoms with Crippen LogP contribution in [0.3, 0.4) is 0 Å². The molecule has 0 radical (unpaired) electrons. The fraction of sp³-hybridized carbons (Fsp3) is 0.286. The smallest absolute Gasteiger partial charge is 0.315 e. The van der Waals surface area contributed by atoms with Crippen LogP contribution in [0, 0.1) is 0 Å². The number of hydrogen-bond acceptors (Lipinski definition) is 5. The van der Waals surface area contributed by atoms with Crippen LogP contribution in [0.25, 0.3) is 0 Å². The molecule has 2 amide bonds. The number of carbonyl (C=O) groups is 3. The molecule has 2 aromatic carbocycles. The van der Waals surface area contributed by atoms with Gasteiger partial charge in [0.1, 0.15) is 5.75 Å². The molecule has 2 aromatic rings. The summed E-state index contributed by atoms with van der Waals surface area (Å²) in [4.78, 5) is 40.1. The molecule has 0 aliphatic carbocycles. The van der Waals surface area contributed by atoms with Crippen molar-refractivity contribution in [3.63, 3.8) is 0 Å². The zero-order valence-electron chi connectivity index (χ0n) is 15.9. The van der Waals surface area contributed by atoms with Crippen molar-refractivity contribution < 1.29 is 19.1 Å². The van der Waals surface area contributed by atoms with Crippen LogP contribution in [0.15, 0.2) is 42.5 Å². The number of carbonyl (C=O) groups excluding carboxylic acids is 3. The van der Waals surface area contributed by atoms with Gasteiger partial charge in [0.25, 0.3) is 0 Å². The van der Waals surface area contributed by atoms with Gasteiger partial charge in [0.15, 0.2) is 0 Å². The number of nitrogens with one attached hydrogen (secondary N) is 1. The first-order chi connectivity index (χ1) is 13.9. The van der Waals surface area contributed by atoms with Gasteiger partial charge < -0.3 is 19.9 Å². The SMILES string of the molecule is C[C@@H]1CN(C(=O)C(=O)Nc2ccc3c(c2)OC(=O)C3)CCN1c1ccc(Cl)cc1. The summed E-state index contributed by atoms with van der Waals surface area (Å²) >= 11 is 5.95. The Kier molecular flexibility index (Phi) is 5.15. The zero-order chi connectivity index (χ0) is 20.5. The average Bonchev–Trinajstić information content (AvgIpc) is 3.07. The zero-order valence-corrected chi connectivity index (χ0v) is 16.6. The van der Waals surface area contributed by atoms with Crippen molar-refractivity contribution in [3.8, 4) is 5.75 Å². The molecule has 29 heavy (non-hydrogen) atoms. The van der Waals surface area contributed by atoms with Crippen LogP contribution < -0.4 is 15.0 Å². The predicted molar refractivity (Wildman–Crippen MR) is 109 cm³/mol. The van der Waals surface area contributed by atoms with E-state index in [1.165, 1.54) is 0 Å². The summed E-state index contributed by atoms with van der Waals surface area (Å²) in [6.07, 6.45) is 0.221. The number of esters is 1. The largest absolute Gasteiger partial charge is 0.426 e. The summed E-state index contributed by atoms with van der Waals surface area (Å²) in [5.41, 5.74) is 2.22. The van der Waals surface area contributed by atoms with Crippen molar-refractivity contribution in [2.45, 2.75) is 19.4 Å². The van der Waals surface area contributed by atoms with Gasteiger partial charge in [-0.3, -0.25) is 14.4 Å². The lowest BCUT2D eigenvalue weighted by molar-refractivity contribution is -0.143. The number of amides is 2. The Bertz CT molecular complexity index is 976. The van der Waals surface area contributed by atoms with E-state index in [4.69, 9.17) is 16.3 Å². The lowest BCUT2D eigenvalue weighted by Gasteiger charge is -2.41. The minimum atomic E-state index is -0.707. The quantitative estimate of drug-likeness (QED) is 0.465. The Labute approximate surface area is 173 Å². The standard InChI is InChI=1S/C21H20ClN3O4/c1-13-12-24(8-9-25(13)17-6-3-15(22)4-7-17)21(28)20(27)23-16-5-2-14-10-19(26)29-18(14)11-16/h2-7,11,13H,8-10,12H2,1H3,(H,23,27)/t13-/m1/s1. The molecule has 150 valence electrons. The first kappa shape index (κ1) is 19.3. The molecule has 2 aliphatic rings. The van der Waals surface area contributed by atoms with Crippen LogP contribution in [0.4, 0.5) is 11.4 Å². The van der Waals surface area contributed by atoms with Gasteiger partial charge in [-0.05, 0) is 37.3 Å². The van der Waals surface area contributed by atoms with Crippen LogP contribution in [0.2, 0.25) is 5.02 Å². The predicted octanol–water partition coefficient (Wildman–Crippen LogP) is 2.48. The first-order valence-electron chi connectivity index (χ1n) is 9.37. The summed E-state index contributed by atoms with van der Waals surface area (Å²) in [7, 11) is 0. The van der Waals surface area contributed by atoms with Gasteiger partial charge in [-0.2, -0.15) is 0 Å². The van der Waals surface area contributed by atoms with E-state index < -0.39 is 11.8 Å². The van der Waals surface area contributed by atoms with Crippen LogP contribution in [-0.4, -0.2) is 48.4 Å². The highest BCUT2D eigenvalue weighted by molar-refractivity contribution is 6.39. The van der Waals surface area contributed by atoms with Gasteiger partial charge in [-0.15, -0.1) is 0 Å². The maximum absolute atomic E-state index is 12.6. The number of anilines is 2. The average molecular weight is 414 g/mol. The number of benzene rings is 2. The van der Waals surface area contributed by atoms with Crippen LogP contribution in [0.5, 0.6) is 5.75 Å². The van der Waals surface area contributed by atoms with E-state index in [1.54, 1.807) is 23.1 Å². The van der Waals surface area contributed by atoms with Crippen molar-refractivity contribution in [2.24, 2.45) is 0 Å². The van der Waals surface area contributed by atoms with Crippen LogP contribution >= 0.6 is 11.6 Å². The number of halogens is 1. The van der Waals surface area contributed by atoms with E-state index in [-0.39, 0.29) is 18.4 Å². The van der Waals surface area contributed by atoms with E-state index in [9.17, 15) is 14.4 Å². The fourth-order valence-electron chi connectivity index (χ4n) is 3.67. The molecule has 1 N–H and O–H groups in total. The molecule has 8 heteroatoms. The second-order valence-corrected chi connectivity index (χ2v) is 7.63. The first-order valence-corrected chi connectivity index (χ1v) is 9.74. The molecule has 0 spiro atoms. The second-order valence-electron chi connectivity index (χ2n) is 7.20. The molecule has 0 unspecified atom stereocenters. The highest BCUT2D eigenvalue weighted by Gasteiger charge is 2.30. The molecule has 2 heterocycles. The Morgan fingerprint density at radius 3 is 2.62 bits per heavy atom. The lowest BCUT2D eigenvalue weighted by Crippen LogP contribution is -2.55. The monoisotopic (exact) mass is 413 g/mol. The van der Waals surface area contributed by atoms with Gasteiger partial charge in [0.2, 0.25) is 0 Å². The normalized spacial score (nSPS) is 18.3. The molecular weight excluding hydrogens is 394 g/mol. The van der Waals surface area contributed by atoms with E-state index in [1.807, 2.05) is 31.2 Å². The summed E-state index contributed by atoms with van der Waals surface area (Å²) in [6.45, 7) is 3.52. The Morgan fingerprint density at radius 1 is 1.14 bits per heavy atom. The highest BCUT2D eigenvalue weighted by atomic mass is 35.5. The Morgan fingerprint density at radius 2 is 1.90 bits per heavy atom. The molecule has 4 rings (SSSR count). The fourth-order valence-corrected chi connectivity index (χ4v) is 3.80. The molecule has 1 atom stereocenters. The molecule has 0 saturated carbocycles. The minimum absolute atomic E-state index is 0.0566. The van der Waals surface area contributed by atoms with Crippen molar-refractivity contribution in [1.29, 1.82) is 0 Å². The van der Waals surface area contributed by atoms with Gasteiger partial charge in [-0.1, -0.05) is 17.7 Å². The number of fused-ring (bicyclic) bond motifs is 1. The highest BCUT2D eigenvalue weighted by Crippen LogP contribution is 2.29. The molecule has 1 fully saturated rings. The summed E-state index contributed by atoms with van der Waals surface area (Å²) in [5.74, 6) is -1.19. The summed E-state index contributed by atoms with van der Waals surface area (Å²) in [6, 6.07) is 12.6. The molecular formula is C21H20ClN3O4. The Balaban J connectivity index is 1.37. The van der Waals surface area contributed by atoms with Crippen LogP contribution in [0.1, 0.15) is 12.5 Å². The van der Waals surface area contributed by atoms with Crippen molar-refractivity contribution in [2.75, 3.05) is 29.9 Å². The third-order valence-corrected chi connectivity index (χ3v) is 5.40. The van der Waals surface area contributed by atoms with Gasteiger partial charge >= 0.3 is 17.8 Å². The molecule has 0 bridgehead atoms. The molecule has 7 nitrogen and oxygen atoms in total. The van der Waals surface area contributed by atoms with E-state index in [0.717, 1.165) is 11.3 Å². The van der Waals surface area contributed by atoms with Gasteiger partial charge in [0.05, 0.1) is 6.42 Å². The maximum Gasteiger partial charge on any atom is 0.315 e. The van der Waals surface area contributed by atoms with Crippen molar-refractivity contribution >= 4 is 40.8 Å². The van der Waals surface area contributed by atoms with Gasteiger partial charge in [0, 0.05) is 53.7 Å². The van der Waals surface area contributed by atoms with Crippen molar-refractivity contribution in [3.05, 3.63) is 53.1 Å². The lowest BCUT2D eigenvalue weighted by atomic mass is 10.1. The maximum atomic E-state index is 12.6. The summed E-state index contributed by atoms with van der Waals surface area (Å²) in [5, 5.41) is 3.27. The molecule has 1 saturated heterocycles. The van der Waals surface area contributed by atoms with E-state index in [0.29, 0.717) is 36.1 Å². The number of nitrogens with zero attached hydrogens (tertiary/aromatic N) is 2. The minimum Gasteiger partial charge on any atom is -0.426 e. The summed E-state index contributed by atoms with van der Waals surface area (Å²) < 4.78 is 5.08. The molecule has 2 aliphatic heterocycles. The number of rotatable bonds is 2. The topological polar surface area (TPSA) is 79.0 Å². The van der Waals surface area contributed by atoms with E-state index >= 15 is 0 Å². The Hall–Kier alpha value is -3.06. The number of ether oxygens (including phenoxy) is 1.